The molecule has 1 aliphatic carbocycles. The SMILES string of the molecule is CCCC1CCCC1N1C(=O)C=CC1=O. The molecule has 0 N–H and O–H groups in total. The molecule has 0 saturated heterocycles. The molecule has 0 radical (unpaired) electrons. The summed E-state index contributed by atoms with van der Waals surface area (Å²) in [6.07, 6.45) is 8.34. The number of carbonyl (C=O) groups is 2. The standard InChI is InChI=1S/C12H17NO2/c1-2-4-9-5-3-6-10(9)13-11(14)7-8-12(13)15/h7-10H,2-6H2,1H3. The maximum absolute atomic E-state index is 11.5. The Morgan fingerprint density at radius 1 is 1.27 bits per heavy atom. The molecule has 3 heteroatoms. The number of imide groups is 1. The Hall–Kier alpha value is -1.12. The largest absolute Gasteiger partial charge is 0.272 e. The maximum atomic E-state index is 11.5. The van der Waals surface area contributed by atoms with Crippen LogP contribution in [0.3, 0.4) is 0 Å². The molecule has 1 saturated carbocycles. The van der Waals surface area contributed by atoms with E-state index in [1.54, 1.807) is 0 Å². The normalized spacial score (nSPS) is 30.6. The topological polar surface area (TPSA) is 37.4 Å². The van der Waals surface area contributed by atoms with Gasteiger partial charge in [-0.25, -0.2) is 0 Å². The molecule has 0 aromatic carbocycles. The summed E-state index contributed by atoms with van der Waals surface area (Å²) in [5, 5.41) is 0. The number of amides is 2. The lowest BCUT2D eigenvalue weighted by Gasteiger charge is -2.27. The zero-order valence-electron chi connectivity index (χ0n) is 9.11. The zero-order chi connectivity index (χ0) is 10.8. The first-order valence-corrected chi connectivity index (χ1v) is 5.79. The molecule has 15 heavy (non-hydrogen) atoms. The molecule has 2 aliphatic rings. The lowest BCUT2D eigenvalue weighted by molar-refractivity contribution is -0.140. The second-order valence-corrected chi connectivity index (χ2v) is 4.43. The van der Waals surface area contributed by atoms with Crippen molar-refractivity contribution >= 4 is 11.8 Å². The zero-order valence-corrected chi connectivity index (χ0v) is 9.11. The Morgan fingerprint density at radius 2 is 1.93 bits per heavy atom. The summed E-state index contributed by atoms with van der Waals surface area (Å²) in [6.45, 7) is 2.15. The first-order chi connectivity index (χ1) is 7.24. The molecular formula is C12H17NO2. The molecule has 2 atom stereocenters. The van der Waals surface area contributed by atoms with Crippen LogP contribution in [0.2, 0.25) is 0 Å². The lowest BCUT2D eigenvalue weighted by Crippen LogP contribution is -2.42. The van der Waals surface area contributed by atoms with E-state index >= 15 is 0 Å². The van der Waals surface area contributed by atoms with Crippen molar-refractivity contribution in [3.05, 3.63) is 12.2 Å². The number of nitrogens with zero attached hydrogens (tertiary/aromatic N) is 1. The van der Waals surface area contributed by atoms with Crippen LogP contribution in [0.5, 0.6) is 0 Å². The molecule has 0 spiro atoms. The van der Waals surface area contributed by atoms with Crippen molar-refractivity contribution in [1.82, 2.24) is 4.90 Å². The summed E-state index contributed by atoms with van der Waals surface area (Å²) in [4.78, 5) is 24.5. The third-order valence-corrected chi connectivity index (χ3v) is 3.45. The van der Waals surface area contributed by atoms with E-state index in [1.165, 1.54) is 17.1 Å². The Kier molecular flexibility index (Phi) is 2.89. The van der Waals surface area contributed by atoms with Crippen molar-refractivity contribution in [3.8, 4) is 0 Å². The second-order valence-electron chi connectivity index (χ2n) is 4.43. The highest BCUT2D eigenvalue weighted by molar-refractivity contribution is 6.13. The van der Waals surface area contributed by atoms with Crippen LogP contribution in [0.1, 0.15) is 39.0 Å². The predicted molar refractivity (Wildman–Crippen MR) is 57.0 cm³/mol. The Balaban J connectivity index is 2.09. The molecule has 1 aliphatic heterocycles. The fraction of sp³-hybridized carbons (Fsp3) is 0.667. The van der Waals surface area contributed by atoms with E-state index in [4.69, 9.17) is 0 Å². The minimum Gasteiger partial charge on any atom is -0.272 e. The van der Waals surface area contributed by atoms with E-state index in [-0.39, 0.29) is 17.9 Å². The van der Waals surface area contributed by atoms with Crippen molar-refractivity contribution in [3.63, 3.8) is 0 Å². The highest BCUT2D eigenvalue weighted by Gasteiger charge is 2.38. The molecule has 2 amide bonds. The van der Waals surface area contributed by atoms with Gasteiger partial charge in [-0.15, -0.1) is 0 Å². The highest BCUT2D eigenvalue weighted by atomic mass is 16.2. The van der Waals surface area contributed by atoms with Crippen LogP contribution in [0.25, 0.3) is 0 Å². The van der Waals surface area contributed by atoms with Crippen molar-refractivity contribution < 1.29 is 9.59 Å². The van der Waals surface area contributed by atoms with E-state index in [9.17, 15) is 9.59 Å². The smallest absolute Gasteiger partial charge is 0.253 e. The van der Waals surface area contributed by atoms with Gasteiger partial charge in [0.1, 0.15) is 0 Å². The molecule has 3 nitrogen and oxygen atoms in total. The van der Waals surface area contributed by atoms with Gasteiger partial charge in [-0.3, -0.25) is 14.5 Å². The summed E-state index contributed by atoms with van der Waals surface area (Å²) < 4.78 is 0. The van der Waals surface area contributed by atoms with Gasteiger partial charge >= 0.3 is 0 Å². The number of hydrogen-bond donors (Lipinski definition) is 0. The molecule has 82 valence electrons. The summed E-state index contributed by atoms with van der Waals surface area (Å²) >= 11 is 0. The molecule has 2 unspecified atom stereocenters. The van der Waals surface area contributed by atoms with E-state index in [0.717, 1.165) is 32.1 Å². The molecule has 0 bridgehead atoms. The van der Waals surface area contributed by atoms with Crippen LogP contribution < -0.4 is 0 Å². The van der Waals surface area contributed by atoms with Gasteiger partial charge in [-0.2, -0.15) is 0 Å². The van der Waals surface area contributed by atoms with Crippen LogP contribution in [-0.2, 0) is 9.59 Å². The van der Waals surface area contributed by atoms with Crippen LogP contribution in [-0.4, -0.2) is 22.8 Å². The third kappa shape index (κ3) is 1.83. The third-order valence-electron chi connectivity index (χ3n) is 3.45. The highest BCUT2D eigenvalue weighted by Crippen LogP contribution is 2.34. The summed E-state index contributed by atoms with van der Waals surface area (Å²) in [5.74, 6) is 0.295. The van der Waals surface area contributed by atoms with Gasteiger partial charge in [0, 0.05) is 18.2 Å². The fourth-order valence-corrected chi connectivity index (χ4v) is 2.80. The number of rotatable bonds is 3. The molecule has 2 rings (SSSR count). The fourth-order valence-electron chi connectivity index (χ4n) is 2.80. The van der Waals surface area contributed by atoms with Gasteiger partial charge in [0.15, 0.2) is 0 Å². The maximum Gasteiger partial charge on any atom is 0.253 e. The molecule has 0 aromatic rings. The first kappa shape index (κ1) is 10.4. The molecule has 0 aromatic heterocycles. The minimum atomic E-state index is -0.118. The Labute approximate surface area is 90.1 Å². The molecule has 1 fully saturated rings. The Morgan fingerprint density at radius 3 is 2.53 bits per heavy atom. The monoisotopic (exact) mass is 207 g/mol. The number of hydrogen-bond acceptors (Lipinski definition) is 2. The Bertz CT molecular complexity index is 291. The van der Waals surface area contributed by atoms with E-state index in [2.05, 4.69) is 6.92 Å². The van der Waals surface area contributed by atoms with Crippen LogP contribution in [0.15, 0.2) is 12.2 Å². The van der Waals surface area contributed by atoms with Gasteiger partial charge in [0.2, 0.25) is 0 Å². The van der Waals surface area contributed by atoms with Gasteiger partial charge in [0.25, 0.3) is 11.8 Å². The summed E-state index contributed by atoms with van der Waals surface area (Å²) in [5.41, 5.74) is 0. The van der Waals surface area contributed by atoms with Crippen LogP contribution in [0, 0.1) is 5.92 Å². The van der Waals surface area contributed by atoms with Crippen molar-refractivity contribution in [2.24, 2.45) is 5.92 Å². The quantitative estimate of drug-likeness (QED) is 0.663. The van der Waals surface area contributed by atoms with Crippen LogP contribution >= 0.6 is 0 Å². The lowest BCUT2D eigenvalue weighted by atomic mass is 9.97. The second kappa shape index (κ2) is 4.17. The van der Waals surface area contributed by atoms with Crippen molar-refractivity contribution in [1.29, 1.82) is 0 Å². The predicted octanol–water partition coefficient (Wildman–Crippen LogP) is 1.88. The minimum absolute atomic E-state index is 0.118. The van der Waals surface area contributed by atoms with Crippen molar-refractivity contribution in [2.75, 3.05) is 0 Å². The summed E-state index contributed by atoms with van der Waals surface area (Å²) in [6, 6.07) is 0.167. The average molecular weight is 207 g/mol. The van der Waals surface area contributed by atoms with Crippen molar-refractivity contribution in [2.45, 2.75) is 45.1 Å². The first-order valence-electron chi connectivity index (χ1n) is 5.79. The van der Waals surface area contributed by atoms with Gasteiger partial charge in [-0.1, -0.05) is 19.8 Å². The molecular weight excluding hydrogens is 190 g/mol. The molecule has 1 heterocycles. The van der Waals surface area contributed by atoms with E-state index in [1.807, 2.05) is 0 Å². The number of carbonyl (C=O) groups excluding carboxylic acids is 2. The van der Waals surface area contributed by atoms with Crippen LogP contribution in [0.4, 0.5) is 0 Å². The van der Waals surface area contributed by atoms with Gasteiger partial charge in [0.05, 0.1) is 0 Å². The van der Waals surface area contributed by atoms with E-state index < -0.39 is 0 Å². The van der Waals surface area contributed by atoms with E-state index in [0.29, 0.717) is 5.92 Å². The van der Waals surface area contributed by atoms with Gasteiger partial charge in [-0.05, 0) is 25.2 Å². The average Bonchev–Trinajstić information content (AvgIpc) is 2.75. The summed E-state index contributed by atoms with van der Waals surface area (Å²) in [7, 11) is 0. The van der Waals surface area contributed by atoms with Gasteiger partial charge < -0.3 is 0 Å².